The number of fused-ring (bicyclic) bond motifs is 1. The van der Waals surface area contributed by atoms with Gasteiger partial charge in [-0.1, -0.05) is 41.7 Å². The molecule has 0 saturated carbocycles. The van der Waals surface area contributed by atoms with E-state index in [1.165, 1.54) is 30.4 Å². The Bertz CT molecular complexity index is 728. The largest absolute Gasteiger partial charge is 0.352 e. The molecular weight excluding hydrogens is 290 g/mol. The minimum Gasteiger partial charge on any atom is -0.352 e. The van der Waals surface area contributed by atoms with E-state index in [0.717, 1.165) is 15.1 Å². The van der Waals surface area contributed by atoms with Crippen molar-refractivity contribution in [2.45, 2.75) is 6.92 Å². The lowest BCUT2D eigenvalue weighted by atomic mass is 10.1. The van der Waals surface area contributed by atoms with Crippen LogP contribution in [0.3, 0.4) is 0 Å². The van der Waals surface area contributed by atoms with Gasteiger partial charge in [-0.3, -0.25) is 9.59 Å². The summed E-state index contributed by atoms with van der Waals surface area (Å²) < 4.78 is 0.751. The lowest BCUT2D eigenvalue weighted by Crippen LogP contribution is -2.12. The van der Waals surface area contributed by atoms with Gasteiger partial charge in [0.25, 0.3) is 0 Å². The number of rotatable bonds is 3. The molecule has 2 heterocycles. The Kier molecular flexibility index (Phi) is 3.54. The van der Waals surface area contributed by atoms with Gasteiger partial charge in [-0.2, -0.15) is 0 Å². The quantitative estimate of drug-likeness (QED) is 0.401. The topological polar surface area (TPSA) is 49.9 Å². The summed E-state index contributed by atoms with van der Waals surface area (Å²) in [5, 5.41) is 4.72. The molecule has 1 aliphatic heterocycles. The van der Waals surface area contributed by atoms with Crippen molar-refractivity contribution in [1.82, 2.24) is 4.98 Å². The third-order valence-electron chi connectivity index (χ3n) is 2.96. The summed E-state index contributed by atoms with van der Waals surface area (Å²) in [7, 11) is 0. The summed E-state index contributed by atoms with van der Waals surface area (Å²) in [6.45, 7) is 1.43. The number of hydrogen-bond acceptors (Lipinski definition) is 4. The molecule has 1 aliphatic rings. The van der Waals surface area contributed by atoms with Gasteiger partial charge in [-0.15, -0.1) is 0 Å². The Balaban J connectivity index is 2.06. The zero-order chi connectivity index (χ0) is 14.1. The lowest BCUT2D eigenvalue weighted by molar-refractivity contribution is -0.113. The SMILES string of the molecule is CC(=O)C(C(=O)c1cc2ccccc2[nH]1)=C1SC=CS1. The summed E-state index contributed by atoms with van der Waals surface area (Å²) in [6, 6.07) is 9.46. The van der Waals surface area contributed by atoms with Crippen LogP contribution < -0.4 is 0 Å². The van der Waals surface area contributed by atoms with Crippen molar-refractivity contribution < 1.29 is 9.59 Å². The van der Waals surface area contributed by atoms with E-state index in [1.54, 1.807) is 6.07 Å². The summed E-state index contributed by atoms with van der Waals surface area (Å²) in [4.78, 5) is 27.5. The predicted molar refractivity (Wildman–Crippen MR) is 84.7 cm³/mol. The third kappa shape index (κ3) is 2.34. The molecule has 0 radical (unpaired) electrons. The summed E-state index contributed by atoms with van der Waals surface area (Å²) in [6.07, 6.45) is 0. The molecule has 0 spiro atoms. The van der Waals surface area contributed by atoms with E-state index in [4.69, 9.17) is 0 Å². The van der Waals surface area contributed by atoms with Crippen LogP contribution in [0.5, 0.6) is 0 Å². The molecule has 1 aromatic heterocycles. The highest BCUT2D eigenvalue weighted by molar-refractivity contribution is 8.27. The van der Waals surface area contributed by atoms with Crippen molar-refractivity contribution in [2.24, 2.45) is 0 Å². The van der Waals surface area contributed by atoms with Crippen molar-refractivity contribution in [3.63, 3.8) is 0 Å². The van der Waals surface area contributed by atoms with Gasteiger partial charge in [-0.25, -0.2) is 0 Å². The van der Waals surface area contributed by atoms with Crippen LogP contribution >= 0.6 is 23.5 Å². The highest BCUT2D eigenvalue weighted by Gasteiger charge is 2.24. The predicted octanol–water partition coefficient (Wildman–Crippen LogP) is 4.10. The number of carbonyl (C=O) groups excluding carboxylic acids is 2. The summed E-state index contributed by atoms with van der Waals surface area (Å²) in [5.41, 5.74) is 1.61. The van der Waals surface area contributed by atoms with Crippen molar-refractivity contribution in [2.75, 3.05) is 0 Å². The van der Waals surface area contributed by atoms with Gasteiger partial charge in [0.05, 0.1) is 15.5 Å². The first-order valence-corrected chi connectivity index (χ1v) is 7.79. The van der Waals surface area contributed by atoms with E-state index >= 15 is 0 Å². The molecule has 1 aromatic carbocycles. The highest BCUT2D eigenvalue weighted by atomic mass is 32.2. The maximum Gasteiger partial charge on any atom is 0.214 e. The van der Waals surface area contributed by atoms with E-state index < -0.39 is 0 Å². The van der Waals surface area contributed by atoms with E-state index in [9.17, 15) is 9.59 Å². The standard InChI is InChI=1S/C15H11NO2S2/c1-9(17)13(15-19-6-7-20-15)14(18)12-8-10-4-2-3-5-11(10)16-12/h2-8,16H,1H3. The van der Waals surface area contributed by atoms with Crippen LogP contribution in [0, 0.1) is 0 Å². The van der Waals surface area contributed by atoms with Crippen LogP contribution in [-0.2, 0) is 4.79 Å². The monoisotopic (exact) mass is 301 g/mol. The van der Waals surface area contributed by atoms with Gasteiger partial charge in [0.15, 0.2) is 5.78 Å². The van der Waals surface area contributed by atoms with Gasteiger partial charge in [-0.05, 0) is 29.9 Å². The molecule has 0 unspecified atom stereocenters. The average molecular weight is 301 g/mol. The number of benzene rings is 1. The van der Waals surface area contributed by atoms with Crippen molar-refractivity contribution >= 4 is 46.0 Å². The first-order chi connectivity index (χ1) is 9.66. The lowest BCUT2D eigenvalue weighted by Gasteiger charge is -2.04. The second kappa shape index (κ2) is 5.34. The fourth-order valence-corrected chi connectivity index (χ4v) is 4.01. The number of carbonyl (C=O) groups is 2. The second-order valence-electron chi connectivity index (χ2n) is 4.33. The van der Waals surface area contributed by atoms with E-state index in [1.807, 2.05) is 35.1 Å². The molecule has 0 amide bonds. The molecule has 0 fully saturated rings. The van der Waals surface area contributed by atoms with Crippen LogP contribution in [-0.4, -0.2) is 16.6 Å². The second-order valence-corrected chi connectivity index (χ2v) is 6.42. The fraction of sp³-hybridized carbons (Fsp3) is 0.0667. The van der Waals surface area contributed by atoms with Gasteiger partial charge in [0, 0.05) is 10.9 Å². The van der Waals surface area contributed by atoms with Crippen LogP contribution in [0.2, 0.25) is 0 Å². The zero-order valence-electron chi connectivity index (χ0n) is 10.7. The van der Waals surface area contributed by atoms with Crippen molar-refractivity contribution in [1.29, 1.82) is 0 Å². The van der Waals surface area contributed by atoms with Crippen molar-refractivity contribution in [3.8, 4) is 0 Å². The number of thioether (sulfide) groups is 2. The Morgan fingerprint density at radius 1 is 1.10 bits per heavy atom. The minimum atomic E-state index is -0.243. The third-order valence-corrected chi connectivity index (χ3v) is 5.09. The first kappa shape index (κ1) is 13.3. The Labute approximate surface area is 124 Å². The number of allylic oxidation sites excluding steroid dienone is 1. The number of ketones is 2. The van der Waals surface area contributed by atoms with Crippen LogP contribution in [0.4, 0.5) is 0 Å². The number of hydrogen-bond donors (Lipinski definition) is 1. The molecule has 20 heavy (non-hydrogen) atoms. The maximum absolute atomic E-state index is 12.6. The minimum absolute atomic E-state index is 0.202. The molecule has 2 aromatic rings. The summed E-state index contributed by atoms with van der Waals surface area (Å²) in [5.74, 6) is -0.445. The molecular formula is C15H11NO2S2. The smallest absolute Gasteiger partial charge is 0.214 e. The molecule has 5 heteroatoms. The van der Waals surface area contributed by atoms with Crippen LogP contribution in [0.15, 0.2) is 51.0 Å². The maximum atomic E-state index is 12.6. The normalized spacial score (nSPS) is 13.9. The number of nitrogens with one attached hydrogen (secondary N) is 1. The van der Waals surface area contributed by atoms with E-state index in [-0.39, 0.29) is 17.1 Å². The molecule has 0 bridgehead atoms. The summed E-state index contributed by atoms with van der Waals surface area (Å²) >= 11 is 2.83. The zero-order valence-corrected chi connectivity index (χ0v) is 12.3. The molecule has 0 aliphatic carbocycles. The Hall–Kier alpha value is -1.72. The average Bonchev–Trinajstić information content (AvgIpc) is 3.06. The number of aromatic amines is 1. The van der Waals surface area contributed by atoms with Gasteiger partial charge in [0.1, 0.15) is 0 Å². The molecule has 3 rings (SSSR count). The van der Waals surface area contributed by atoms with E-state index in [2.05, 4.69) is 4.98 Å². The van der Waals surface area contributed by atoms with E-state index in [0.29, 0.717) is 5.69 Å². The van der Waals surface area contributed by atoms with Crippen LogP contribution in [0.25, 0.3) is 10.9 Å². The number of Topliss-reactive ketones (excluding diaryl/α,β-unsaturated/α-hetero) is 2. The molecule has 3 nitrogen and oxygen atoms in total. The Morgan fingerprint density at radius 3 is 2.45 bits per heavy atom. The number of H-pyrrole nitrogens is 1. The van der Waals surface area contributed by atoms with Gasteiger partial charge >= 0.3 is 0 Å². The fourth-order valence-electron chi connectivity index (χ4n) is 2.05. The molecule has 0 saturated heterocycles. The molecule has 1 N–H and O–H groups in total. The molecule has 100 valence electrons. The first-order valence-electron chi connectivity index (χ1n) is 6.03. The van der Waals surface area contributed by atoms with Gasteiger partial charge in [0.2, 0.25) is 5.78 Å². The number of para-hydroxylation sites is 1. The van der Waals surface area contributed by atoms with Crippen molar-refractivity contribution in [3.05, 3.63) is 56.7 Å². The van der Waals surface area contributed by atoms with Gasteiger partial charge < -0.3 is 4.98 Å². The highest BCUT2D eigenvalue weighted by Crippen LogP contribution is 2.40. The molecule has 0 atom stereocenters. The Morgan fingerprint density at radius 2 is 1.80 bits per heavy atom. The van der Waals surface area contributed by atoms with Crippen LogP contribution in [0.1, 0.15) is 17.4 Å². The number of aromatic nitrogens is 1.